The fourth-order valence-corrected chi connectivity index (χ4v) is 1.56. The maximum absolute atomic E-state index is 9.58. The van der Waals surface area contributed by atoms with Crippen LogP contribution in [0.3, 0.4) is 0 Å². The van der Waals surface area contributed by atoms with Crippen LogP contribution in [0.2, 0.25) is 0 Å². The van der Waals surface area contributed by atoms with E-state index >= 15 is 0 Å². The zero-order valence-corrected chi connectivity index (χ0v) is 9.83. The van der Waals surface area contributed by atoms with Gasteiger partial charge in [0, 0.05) is 6.54 Å². The largest absolute Gasteiger partial charge is 0.393 e. The van der Waals surface area contributed by atoms with Gasteiger partial charge in [0.25, 0.3) is 0 Å². The van der Waals surface area contributed by atoms with Gasteiger partial charge in [-0.2, -0.15) is 0 Å². The standard InChI is InChI=1S/C12H23NO2/c1-10(2)12(14)5-6-13-8-11-4-3-7-15-9-11/h4,10,12-14H,3,5-9H2,1-2H3. The molecule has 1 rings (SSSR count). The van der Waals surface area contributed by atoms with Crippen molar-refractivity contribution in [1.82, 2.24) is 5.32 Å². The van der Waals surface area contributed by atoms with Crippen LogP contribution in [0.25, 0.3) is 0 Å². The Labute approximate surface area is 92.5 Å². The molecule has 0 bridgehead atoms. The van der Waals surface area contributed by atoms with Crippen LogP contribution in [0, 0.1) is 5.92 Å². The Hall–Kier alpha value is -0.380. The summed E-state index contributed by atoms with van der Waals surface area (Å²) >= 11 is 0. The molecule has 2 N–H and O–H groups in total. The molecule has 0 aliphatic carbocycles. The normalized spacial score (nSPS) is 19.1. The minimum absolute atomic E-state index is 0.186. The van der Waals surface area contributed by atoms with Crippen molar-refractivity contribution >= 4 is 0 Å². The molecular formula is C12H23NO2. The fraction of sp³-hybridized carbons (Fsp3) is 0.833. The molecule has 1 aliphatic rings. The van der Waals surface area contributed by atoms with Crippen LogP contribution >= 0.6 is 0 Å². The summed E-state index contributed by atoms with van der Waals surface area (Å²) < 4.78 is 5.34. The Morgan fingerprint density at radius 3 is 2.93 bits per heavy atom. The zero-order chi connectivity index (χ0) is 11.1. The second-order valence-electron chi connectivity index (χ2n) is 4.48. The third-order valence-electron chi connectivity index (χ3n) is 2.72. The smallest absolute Gasteiger partial charge is 0.0689 e. The Kier molecular flexibility index (Phi) is 5.91. The maximum Gasteiger partial charge on any atom is 0.0689 e. The Balaban J connectivity index is 2.03. The first-order valence-corrected chi connectivity index (χ1v) is 5.84. The van der Waals surface area contributed by atoms with Crippen molar-refractivity contribution < 1.29 is 9.84 Å². The molecule has 0 fully saturated rings. The topological polar surface area (TPSA) is 41.5 Å². The molecule has 0 saturated carbocycles. The third kappa shape index (κ3) is 5.30. The van der Waals surface area contributed by atoms with Gasteiger partial charge in [-0.15, -0.1) is 0 Å². The third-order valence-corrected chi connectivity index (χ3v) is 2.72. The Bertz CT molecular complexity index is 202. The van der Waals surface area contributed by atoms with Crippen LogP contribution in [0.5, 0.6) is 0 Å². The van der Waals surface area contributed by atoms with Crippen LogP contribution in [0.1, 0.15) is 26.7 Å². The Morgan fingerprint density at radius 2 is 2.33 bits per heavy atom. The van der Waals surface area contributed by atoms with Crippen molar-refractivity contribution in [2.45, 2.75) is 32.8 Å². The molecule has 1 heterocycles. The quantitative estimate of drug-likeness (QED) is 0.516. The molecule has 0 aromatic carbocycles. The zero-order valence-electron chi connectivity index (χ0n) is 9.83. The monoisotopic (exact) mass is 213 g/mol. The van der Waals surface area contributed by atoms with Crippen molar-refractivity contribution in [1.29, 1.82) is 0 Å². The lowest BCUT2D eigenvalue weighted by molar-refractivity contribution is 0.116. The van der Waals surface area contributed by atoms with Gasteiger partial charge < -0.3 is 15.2 Å². The molecule has 1 atom stereocenters. The van der Waals surface area contributed by atoms with E-state index in [1.807, 2.05) is 13.8 Å². The molecule has 3 heteroatoms. The van der Waals surface area contributed by atoms with Crippen molar-refractivity contribution in [2.24, 2.45) is 5.92 Å². The minimum atomic E-state index is -0.186. The number of hydrogen-bond acceptors (Lipinski definition) is 3. The first kappa shape index (κ1) is 12.7. The van der Waals surface area contributed by atoms with E-state index in [-0.39, 0.29) is 6.10 Å². The van der Waals surface area contributed by atoms with Crippen LogP contribution in [0.15, 0.2) is 11.6 Å². The summed E-state index contributed by atoms with van der Waals surface area (Å²) in [6.07, 6.45) is 3.92. The number of aliphatic hydroxyl groups is 1. The van der Waals surface area contributed by atoms with E-state index in [4.69, 9.17) is 4.74 Å². The number of hydrogen-bond donors (Lipinski definition) is 2. The predicted octanol–water partition coefficient (Wildman–Crippen LogP) is 1.33. The summed E-state index contributed by atoms with van der Waals surface area (Å²) in [5, 5.41) is 12.9. The fourth-order valence-electron chi connectivity index (χ4n) is 1.56. The Morgan fingerprint density at radius 1 is 1.53 bits per heavy atom. The summed E-state index contributed by atoms with van der Waals surface area (Å²) in [7, 11) is 0. The lowest BCUT2D eigenvalue weighted by Crippen LogP contribution is -2.26. The minimum Gasteiger partial charge on any atom is -0.393 e. The van der Waals surface area contributed by atoms with Gasteiger partial charge in [0.15, 0.2) is 0 Å². The molecule has 88 valence electrons. The van der Waals surface area contributed by atoms with Gasteiger partial charge in [0.05, 0.1) is 19.3 Å². The van der Waals surface area contributed by atoms with Crippen molar-refractivity contribution in [2.75, 3.05) is 26.3 Å². The van der Waals surface area contributed by atoms with Crippen molar-refractivity contribution in [3.63, 3.8) is 0 Å². The van der Waals surface area contributed by atoms with Crippen LogP contribution in [-0.4, -0.2) is 37.5 Å². The van der Waals surface area contributed by atoms with Gasteiger partial charge in [0.2, 0.25) is 0 Å². The lowest BCUT2D eigenvalue weighted by Gasteiger charge is -2.16. The number of aliphatic hydroxyl groups excluding tert-OH is 1. The first-order valence-electron chi connectivity index (χ1n) is 5.84. The van der Waals surface area contributed by atoms with Gasteiger partial charge in [0.1, 0.15) is 0 Å². The van der Waals surface area contributed by atoms with E-state index in [2.05, 4.69) is 11.4 Å². The number of nitrogens with one attached hydrogen (secondary N) is 1. The van der Waals surface area contributed by atoms with Crippen LogP contribution in [0.4, 0.5) is 0 Å². The van der Waals surface area contributed by atoms with E-state index in [1.165, 1.54) is 5.57 Å². The number of ether oxygens (including phenoxy) is 1. The highest BCUT2D eigenvalue weighted by Gasteiger charge is 2.08. The average molecular weight is 213 g/mol. The molecule has 0 aromatic heterocycles. The molecule has 0 aromatic rings. The molecule has 0 saturated heterocycles. The van der Waals surface area contributed by atoms with Gasteiger partial charge >= 0.3 is 0 Å². The second-order valence-corrected chi connectivity index (χ2v) is 4.48. The van der Waals surface area contributed by atoms with E-state index in [9.17, 15) is 5.11 Å². The first-order chi connectivity index (χ1) is 7.20. The molecule has 1 aliphatic heterocycles. The molecule has 3 nitrogen and oxygen atoms in total. The highest BCUT2D eigenvalue weighted by atomic mass is 16.5. The lowest BCUT2D eigenvalue weighted by atomic mass is 10.0. The van der Waals surface area contributed by atoms with E-state index < -0.39 is 0 Å². The van der Waals surface area contributed by atoms with E-state index in [1.54, 1.807) is 0 Å². The molecule has 0 spiro atoms. The van der Waals surface area contributed by atoms with Crippen molar-refractivity contribution in [3.05, 3.63) is 11.6 Å². The summed E-state index contributed by atoms with van der Waals surface area (Å²) in [6, 6.07) is 0. The summed E-state index contributed by atoms with van der Waals surface area (Å²) in [4.78, 5) is 0. The summed E-state index contributed by atoms with van der Waals surface area (Å²) in [5.41, 5.74) is 1.33. The van der Waals surface area contributed by atoms with Gasteiger partial charge in [-0.05, 0) is 30.9 Å². The van der Waals surface area contributed by atoms with Gasteiger partial charge in [-0.1, -0.05) is 19.9 Å². The van der Waals surface area contributed by atoms with Crippen LogP contribution in [-0.2, 0) is 4.74 Å². The SMILES string of the molecule is CC(C)C(O)CCNCC1=CCCOC1. The maximum atomic E-state index is 9.58. The van der Waals surface area contributed by atoms with Crippen LogP contribution < -0.4 is 5.32 Å². The molecular weight excluding hydrogens is 190 g/mol. The van der Waals surface area contributed by atoms with E-state index in [0.29, 0.717) is 5.92 Å². The molecule has 15 heavy (non-hydrogen) atoms. The highest BCUT2D eigenvalue weighted by Crippen LogP contribution is 2.06. The second kappa shape index (κ2) is 6.99. The predicted molar refractivity (Wildman–Crippen MR) is 61.9 cm³/mol. The highest BCUT2D eigenvalue weighted by molar-refractivity contribution is 5.06. The van der Waals surface area contributed by atoms with Crippen molar-refractivity contribution in [3.8, 4) is 0 Å². The average Bonchev–Trinajstić information content (AvgIpc) is 2.25. The molecule has 0 radical (unpaired) electrons. The summed E-state index contributed by atoms with van der Waals surface area (Å²) in [5.74, 6) is 0.351. The summed E-state index contributed by atoms with van der Waals surface area (Å²) in [6.45, 7) is 7.47. The molecule has 1 unspecified atom stereocenters. The van der Waals surface area contributed by atoms with Gasteiger partial charge in [-0.3, -0.25) is 0 Å². The molecule has 0 amide bonds. The van der Waals surface area contributed by atoms with Gasteiger partial charge in [-0.25, -0.2) is 0 Å². The van der Waals surface area contributed by atoms with E-state index in [0.717, 1.165) is 39.1 Å². The number of rotatable bonds is 6.